The average molecular weight is 270 g/mol. The van der Waals surface area contributed by atoms with Gasteiger partial charge in [-0.05, 0) is 24.1 Å². The van der Waals surface area contributed by atoms with Crippen molar-refractivity contribution in [1.29, 1.82) is 0 Å². The fraction of sp³-hybridized carbons (Fsp3) is 0.600. The van der Waals surface area contributed by atoms with E-state index in [1.807, 2.05) is 24.3 Å². The Balaban J connectivity index is 2.54. The third-order valence-electron chi connectivity index (χ3n) is 3.35. The van der Waals surface area contributed by atoms with Gasteiger partial charge in [0, 0.05) is 17.5 Å². The summed E-state index contributed by atoms with van der Waals surface area (Å²) in [4.78, 5) is 0. The Hall–Kier alpha value is -0.570. The summed E-state index contributed by atoms with van der Waals surface area (Å²) in [5.74, 6) is -0.00896. The van der Waals surface area contributed by atoms with Gasteiger partial charge in [0.05, 0.1) is 6.10 Å². The molecule has 1 aromatic rings. The molecule has 0 heterocycles. The first-order valence-corrected chi connectivity index (χ1v) is 7.20. The van der Waals surface area contributed by atoms with E-state index >= 15 is 0 Å². The van der Waals surface area contributed by atoms with E-state index in [9.17, 15) is 5.11 Å². The molecule has 0 aromatic heterocycles. The third kappa shape index (κ3) is 4.97. The number of halogens is 1. The van der Waals surface area contributed by atoms with Gasteiger partial charge in [0.25, 0.3) is 0 Å². The molecule has 2 atom stereocenters. The molecule has 0 spiro atoms. The summed E-state index contributed by atoms with van der Waals surface area (Å²) in [6.07, 6.45) is 5.13. The van der Waals surface area contributed by atoms with E-state index < -0.39 is 0 Å². The molecule has 0 aliphatic rings. The van der Waals surface area contributed by atoms with Crippen molar-refractivity contribution in [1.82, 2.24) is 0 Å². The largest absolute Gasteiger partial charge is 0.392 e. The molecule has 102 valence electrons. The van der Waals surface area contributed by atoms with E-state index in [-0.39, 0.29) is 12.0 Å². The van der Waals surface area contributed by atoms with Gasteiger partial charge in [-0.2, -0.15) is 0 Å². The number of hydrogen-bond donors (Lipinski definition) is 2. The van der Waals surface area contributed by atoms with Crippen LogP contribution in [0, 0.1) is 0 Å². The fourth-order valence-corrected chi connectivity index (χ4v) is 2.43. The van der Waals surface area contributed by atoms with Crippen LogP contribution in [0.2, 0.25) is 5.02 Å². The lowest BCUT2D eigenvalue weighted by Gasteiger charge is -2.22. The van der Waals surface area contributed by atoms with E-state index in [0.717, 1.165) is 18.4 Å². The zero-order valence-corrected chi connectivity index (χ0v) is 11.9. The molecule has 0 saturated heterocycles. The molecular formula is C15H24ClNO. The van der Waals surface area contributed by atoms with Crippen LogP contribution in [0.25, 0.3) is 0 Å². The van der Waals surface area contributed by atoms with E-state index in [0.29, 0.717) is 11.6 Å². The lowest BCUT2D eigenvalue weighted by atomic mass is 9.90. The van der Waals surface area contributed by atoms with Crippen molar-refractivity contribution in [3.05, 3.63) is 34.9 Å². The molecule has 1 rings (SSSR count). The summed E-state index contributed by atoms with van der Waals surface area (Å²) in [6.45, 7) is 2.64. The topological polar surface area (TPSA) is 46.2 Å². The zero-order valence-electron chi connectivity index (χ0n) is 11.1. The van der Waals surface area contributed by atoms with Crippen LogP contribution < -0.4 is 5.73 Å². The molecule has 18 heavy (non-hydrogen) atoms. The van der Waals surface area contributed by atoms with Gasteiger partial charge in [-0.1, -0.05) is 56.3 Å². The molecule has 0 fully saturated rings. The highest BCUT2D eigenvalue weighted by Gasteiger charge is 2.19. The number of unbranched alkanes of at least 4 members (excludes halogenated alkanes) is 3. The Kier molecular flexibility index (Phi) is 7.33. The summed E-state index contributed by atoms with van der Waals surface area (Å²) < 4.78 is 0. The molecule has 0 radical (unpaired) electrons. The maximum atomic E-state index is 10.2. The predicted molar refractivity (Wildman–Crippen MR) is 78.0 cm³/mol. The number of hydrogen-bond acceptors (Lipinski definition) is 2. The number of benzene rings is 1. The van der Waals surface area contributed by atoms with Crippen LogP contribution in [0.3, 0.4) is 0 Å². The minimum Gasteiger partial charge on any atom is -0.392 e. The average Bonchev–Trinajstić information content (AvgIpc) is 2.36. The molecule has 0 aliphatic carbocycles. The van der Waals surface area contributed by atoms with Crippen molar-refractivity contribution in [3.8, 4) is 0 Å². The van der Waals surface area contributed by atoms with Gasteiger partial charge in [0.15, 0.2) is 0 Å². The maximum absolute atomic E-state index is 10.2. The number of aliphatic hydroxyl groups excluding tert-OH is 1. The standard InChI is InChI=1S/C15H24ClNO/c1-2-3-4-5-9-15(18)14(11-17)12-7-6-8-13(16)10-12/h6-8,10,14-15,18H,2-5,9,11,17H2,1H3. The Morgan fingerprint density at radius 3 is 2.67 bits per heavy atom. The summed E-state index contributed by atoms with van der Waals surface area (Å²) >= 11 is 5.97. The van der Waals surface area contributed by atoms with Gasteiger partial charge in [-0.25, -0.2) is 0 Å². The van der Waals surface area contributed by atoms with E-state index in [2.05, 4.69) is 6.92 Å². The number of aliphatic hydroxyl groups is 1. The first kappa shape index (κ1) is 15.5. The zero-order chi connectivity index (χ0) is 13.4. The van der Waals surface area contributed by atoms with Crippen molar-refractivity contribution in [2.45, 2.75) is 51.0 Å². The van der Waals surface area contributed by atoms with Crippen LogP contribution in [0.15, 0.2) is 24.3 Å². The van der Waals surface area contributed by atoms with Crippen LogP contribution >= 0.6 is 11.6 Å². The molecule has 3 N–H and O–H groups in total. The number of nitrogens with two attached hydrogens (primary N) is 1. The van der Waals surface area contributed by atoms with E-state index in [1.54, 1.807) is 0 Å². The van der Waals surface area contributed by atoms with Gasteiger partial charge in [-0.3, -0.25) is 0 Å². The molecular weight excluding hydrogens is 246 g/mol. The predicted octanol–water partition coefficient (Wildman–Crippen LogP) is 3.71. The minimum absolute atomic E-state index is 0.00896. The summed E-state index contributed by atoms with van der Waals surface area (Å²) in [6, 6.07) is 7.63. The molecule has 1 aromatic carbocycles. The first-order chi connectivity index (χ1) is 8.69. The molecule has 0 amide bonds. The molecule has 2 nitrogen and oxygen atoms in total. The summed E-state index contributed by atoms with van der Waals surface area (Å²) in [5, 5.41) is 10.9. The smallest absolute Gasteiger partial charge is 0.0620 e. The lowest BCUT2D eigenvalue weighted by molar-refractivity contribution is 0.132. The van der Waals surface area contributed by atoms with E-state index in [4.69, 9.17) is 17.3 Å². The Labute approximate surface area is 115 Å². The van der Waals surface area contributed by atoms with Crippen LogP contribution in [-0.2, 0) is 0 Å². The minimum atomic E-state index is -0.370. The normalized spacial score (nSPS) is 14.4. The van der Waals surface area contributed by atoms with Gasteiger partial charge < -0.3 is 10.8 Å². The Morgan fingerprint density at radius 2 is 2.06 bits per heavy atom. The second-order valence-electron chi connectivity index (χ2n) is 4.81. The van der Waals surface area contributed by atoms with Gasteiger partial charge >= 0.3 is 0 Å². The van der Waals surface area contributed by atoms with Crippen molar-refractivity contribution in [3.63, 3.8) is 0 Å². The highest BCUT2D eigenvalue weighted by Crippen LogP contribution is 2.24. The maximum Gasteiger partial charge on any atom is 0.0620 e. The van der Waals surface area contributed by atoms with Crippen molar-refractivity contribution in [2.75, 3.05) is 6.54 Å². The summed E-state index contributed by atoms with van der Waals surface area (Å²) in [5.41, 5.74) is 6.82. The highest BCUT2D eigenvalue weighted by molar-refractivity contribution is 6.30. The lowest BCUT2D eigenvalue weighted by Crippen LogP contribution is -2.25. The van der Waals surface area contributed by atoms with Crippen molar-refractivity contribution in [2.24, 2.45) is 5.73 Å². The third-order valence-corrected chi connectivity index (χ3v) is 3.58. The van der Waals surface area contributed by atoms with Gasteiger partial charge in [-0.15, -0.1) is 0 Å². The first-order valence-electron chi connectivity index (χ1n) is 6.82. The van der Waals surface area contributed by atoms with Crippen LogP contribution in [0.4, 0.5) is 0 Å². The molecule has 0 saturated carbocycles. The second-order valence-corrected chi connectivity index (χ2v) is 5.25. The van der Waals surface area contributed by atoms with Crippen LogP contribution in [0.1, 0.15) is 50.5 Å². The quantitative estimate of drug-likeness (QED) is 0.707. The molecule has 3 heteroatoms. The molecule has 2 unspecified atom stereocenters. The Bertz CT molecular complexity index is 343. The Morgan fingerprint density at radius 1 is 1.28 bits per heavy atom. The van der Waals surface area contributed by atoms with E-state index in [1.165, 1.54) is 19.3 Å². The molecule has 0 bridgehead atoms. The monoisotopic (exact) mass is 269 g/mol. The van der Waals surface area contributed by atoms with Gasteiger partial charge in [0.1, 0.15) is 0 Å². The SMILES string of the molecule is CCCCCCC(O)C(CN)c1cccc(Cl)c1. The fourth-order valence-electron chi connectivity index (χ4n) is 2.23. The van der Waals surface area contributed by atoms with Crippen LogP contribution in [-0.4, -0.2) is 17.8 Å². The molecule has 0 aliphatic heterocycles. The van der Waals surface area contributed by atoms with Crippen molar-refractivity contribution < 1.29 is 5.11 Å². The van der Waals surface area contributed by atoms with Gasteiger partial charge in [0.2, 0.25) is 0 Å². The number of rotatable bonds is 8. The second kappa shape index (κ2) is 8.52. The summed E-state index contributed by atoms with van der Waals surface area (Å²) in [7, 11) is 0. The van der Waals surface area contributed by atoms with Crippen molar-refractivity contribution >= 4 is 11.6 Å². The van der Waals surface area contributed by atoms with Crippen LogP contribution in [0.5, 0.6) is 0 Å². The highest BCUT2D eigenvalue weighted by atomic mass is 35.5.